The van der Waals surface area contributed by atoms with Crippen molar-refractivity contribution in [2.24, 2.45) is 0 Å². The number of rotatable bonds is 2. The number of hydrogen-bond acceptors (Lipinski definition) is 1. The maximum atomic E-state index is 13.6. The molecule has 0 N–H and O–H groups in total. The molecule has 92 valence electrons. The summed E-state index contributed by atoms with van der Waals surface area (Å²) in [5, 5.41) is 0. The van der Waals surface area contributed by atoms with Gasteiger partial charge in [0.2, 0.25) is 0 Å². The van der Waals surface area contributed by atoms with E-state index in [2.05, 4.69) is 0 Å². The average molecular weight is 250 g/mol. The third-order valence-electron chi connectivity index (χ3n) is 2.66. The van der Waals surface area contributed by atoms with E-state index in [1.165, 1.54) is 25.1 Å². The summed E-state index contributed by atoms with van der Waals surface area (Å²) in [5.41, 5.74) is 0.324. The highest BCUT2D eigenvalue weighted by molar-refractivity contribution is 5.79. The summed E-state index contributed by atoms with van der Waals surface area (Å²) < 4.78 is 40.4. The van der Waals surface area contributed by atoms with Crippen LogP contribution in [0.4, 0.5) is 13.2 Å². The molecule has 0 bridgehead atoms. The van der Waals surface area contributed by atoms with Crippen LogP contribution in [-0.2, 0) is 0 Å². The van der Waals surface area contributed by atoms with E-state index in [1.807, 2.05) is 0 Å². The highest BCUT2D eigenvalue weighted by Crippen LogP contribution is 2.28. The largest absolute Gasteiger partial charge is 0.298 e. The molecule has 0 spiro atoms. The molecule has 0 aliphatic rings. The third-order valence-corrected chi connectivity index (χ3v) is 2.66. The minimum atomic E-state index is -0.861. The minimum Gasteiger partial charge on any atom is -0.298 e. The summed E-state index contributed by atoms with van der Waals surface area (Å²) in [5.74, 6) is -2.21. The van der Waals surface area contributed by atoms with Crippen LogP contribution in [0, 0.1) is 24.4 Å². The third kappa shape index (κ3) is 2.14. The molecule has 2 aromatic rings. The van der Waals surface area contributed by atoms with Crippen LogP contribution < -0.4 is 0 Å². The van der Waals surface area contributed by atoms with Crippen LogP contribution in [0.2, 0.25) is 0 Å². The molecule has 0 heterocycles. The molecule has 4 heteroatoms. The quantitative estimate of drug-likeness (QED) is 0.739. The van der Waals surface area contributed by atoms with Crippen LogP contribution in [0.15, 0.2) is 30.3 Å². The molecule has 0 radical (unpaired) electrons. The van der Waals surface area contributed by atoms with Gasteiger partial charge in [-0.05, 0) is 36.8 Å². The zero-order chi connectivity index (χ0) is 13.3. The standard InChI is InChI=1S/C14H9F3O/c1-8-4-10(14(17)6-13(8)16)11-5-9(7-18)2-3-12(11)15/h2-7H,1H3. The van der Waals surface area contributed by atoms with Crippen molar-refractivity contribution in [2.75, 3.05) is 0 Å². The lowest BCUT2D eigenvalue weighted by Crippen LogP contribution is -1.94. The van der Waals surface area contributed by atoms with Crippen LogP contribution in [-0.4, -0.2) is 6.29 Å². The van der Waals surface area contributed by atoms with E-state index in [0.29, 0.717) is 12.4 Å². The van der Waals surface area contributed by atoms with Crippen molar-refractivity contribution in [3.63, 3.8) is 0 Å². The molecule has 0 saturated heterocycles. The van der Waals surface area contributed by atoms with Gasteiger partial charge in [-0.2, -0.15) is 0 Å². The van der Waals surface area contributed by atoms with E-state index in [1.54, 1.807) is 0 Å². The summed E-state index contributed by atoms with van der Waals surface area (Å²) in [7, 11) is 0. The van der Waals surface area contributed by atoms with E-state index >= 15 is 0 Å². The van der Waals surface area contributed by atoms with Crippen LogP contribution in [0.3, 0.4) is 0 Å². The zero-order valence-electron chi connectivity index (χ0n) is 9.51. The zero-order valence-corrected chi connectivity index (χ0v) is 9.51. The SMILES string of the molecule is Cc1cc(-c2cc(C=O)ccc2F)c(F)cc1F. The molecule has 0 aromatic heterocycles. The molecular weight excluding hydrogens is 241 g/mol. The Morgan fingerprint density at radius 1 is 0.889 bits per heavy atom. The molecule has 0 aliphatic carbocycles. The molecular formula is C14H9F3O. The van der Waals surface area contributed by atoms with Crippen molar-refractivity contribution in [3.8, 4) is 11.1 Å². The van der Waals surface area contributed by atoms with E-state index in [4.69, 9.17) is 0 Å². The van der Waals surface area contributed by atoms with Gasteiger partial charge in [0.25, 0.3) is 0 Å². The van der Waals surface area contributed by atoms with Crippen LogP contribution >= 0.6 is 0 Å². The van der Waals surface area contributed by atoms with Crippen molar-refractivity contribution < 1.29 is 18.0 Å². The Balaban J connectivity index is 2.68. The van der Waals surface area contributed by atoms with Gasteiger partial charge in [0.05, 0.1) is 0 Å². The van der Waals surface area contributed by atoms with Gasteiger partial charge in [-0.1, -0.05) is 0 Å². The normalized spacial score (nSPS) is 10.4. The fraction of sp³-hybridized carbons (Fsp3) is 0.0714. The monoisotopic (exact) mass is 250 g/mol. The van der Waals surface area contributed by atoms with E-state index < -0.39 is 17.5 Å². The Labute approximate surface area is 102 Å². The number of benzene rings is 2. The van der Waals surface area contributed by atoms with Crippen molar-refractivity contribution in [3.05, 3.63) is 58.9 Å². The van der Waals surface area contributed by atoms with Gasteiger partial charge in [-0.3, -0.25) is 4.79 Å². The Morgan fingerprint density at radius 2 is 1.56 bits per heavy atom. The van der Waals surface area contributed by atoms with Gasteiger partial charge in [0.15, 0.2) is 0 Å². The highest BCUT2D eigenvalue weighted by Gasteiger charge is 2.13. The lowest BCUT2D eigenvalue weighted by molar-refractivity contribution is 0.112. The first-order chi connectivity index (χ1) is 8.52. The van der Waals surface area contributed by atoms with E-state index in [-0.39, 0.29) is 22.3 Å². The average Bonchev–Trinajstić information content (AvgIpc) is 2.35. The second-order valence-electron chi connectivity index (χ2n) is 3.94. The topological polar surface area (TPSA) is 17.1 Å². The maximum absolute atomic E-state index is 13.6. The first-order valence-electron chi connectivity index (χ1n) is 5.23. The predicted octanol–water partition coefficient (Wildman–Crippen LogP) is 3.89. The number of carbonyl (C=O) groups excluding carboxylic acids is 1. The van der Waals surface area contributed by atoms with Crippen molar-refractivity contribution in [1.29, 1.82) is 0 Å². The van der Waals surface area contributed by atoms with Gasteiger partial charge in [-0.25, -0.2) is 13.2 Å². The summed E-state index contributed by atoms with van der Waals surface area (Å²) in [6, 6.07) is 5.53. The second-order valence-corrected chi connectivity index (χ2v) is 3.94. The van der Waals surface area contributed by atoms with Crippen molar-refractivity contribution >= 4 is 6.29 Å². The summed E-state index contributed by atoms with van der Waals surface area (Å²) >= 11 is 0. The number of hydrogen-bond donors (Lipinski definition) is 0. The predicted molar refractivity (Wildman–Crippen MR) is 61.9 cm³/mol. The molecule has 2 rings (SSSR count). The van der Waals surface area contributed by atoms with Gasteiger partial charge >= 0.3 is 0 Å². The lowest BCUT2D eigenvalue weighted by Gasteiger charge is -2.08. The van der Waals surface area contributed by atoms with E-state index in [0.717, 1.165) is 6.07 Å². The maximum Gasteiger partial charge on any atom is 0.150 e. The Morgan fingerprint density at radius 3 is 2.22 bits per heavy atom. The number of carbonyl (C=O) groups is 1. The molecule has 18 heavy (non-hydrogen) atoms. The van der Waals surface area contributed by atoms with Gasteiger partial charge in [0.1, 0.15) is 23.7 Å². The van der Waals surface area contributed by atoms with Crippen molar-refractivity contribution in [1.82, 2.24) is 0 Å². The first kappa shape index (κ1) is 12.4. The van der Waals surface area contributed by atoms with E-state index in [9.17, 15) is 18.0 Å². The number of halogens is 3. The van der Waals surface area contributed by atoms with Gasteiger partial charge in [-0.15, -0.1) is 0 Å². The first-order valence-corrected chi connectivity index (χ1v) is 5.23. The van der Waals surface area contributed by atoms with Gasteiger partial charge in [0, 0.05) is 22.8 Å². The molecule has 0 amide bonds. The molecule has 0 unspecified atom stereocenters. The van der Waals surface area contributed by atoms with Crippen LogP contribution in [0.5, 0.6) is 0 Å². The molecule has 0 aliphatic heterocycles. The molecule has 0 saturated carbocycles. The van der Waals surface area contributed by atoms with Crippen molar-refractivity contribution in [2.45, 2.75) is 6.92 Å². The fourth-order valence-corrected chi connectivity index (χ4v) is 1.69. The number of aryl methyl sites for hydroxylation is 1. The summed E-state index contributed by atoms with van der Waals surface area (Å²) in [6.45, 7) is 1.46. The second kappa shape index (κ2) is 4.64. The Hall–Kier alpha value is -2.10. The molecule has 2 aromatic carbocycles. The molecule has 0 atom stereocenters. The lowest BCUT2D eigenvalue weighted by atomic mass is 10.00. The Bertz CT molecular complexity index is 621. The minimum absolute atomic E-state index is 0.0554. The smallest absolute Gasteiger partial charge is 0.150 e. The molecule has 1 nitrogen and oxygen atoms in total. The highest BCUT2D eigenvalue weighted by atomic mass is 19.1. The van der Waals surface area contributed by atoms with Crippen LogP contribution in [0.1, 0.15) is 15.9 Å². The van der Waals surface area contributed by atoms with Gasteiger partial charge < -0.3 is 0 Å². The summed E-state index contributed by atoms with van der Waals surface area (Å²) in [6.07, 6.45) is 0.539. The fourth-order valence-electron chi connectivity index (χ4n) is 1.69. The van der Waals surface area contributed by atoms with Crippen LogP contribution in [0.25, 0.3) is 11.1 Å². The summed E-state index contributed by atoms with van der Waals surface area (Å²) in [4.78, 5) is 10.6. The number of aldehydes is 1. The Kier molecular flexibility index (Phi) is 3.19. The molecule has 0 fully saturated rings.